The number of fused-ring (bicyclic) bond motifs is 1. The fourth-order valence-electron chi connectivity index (χ4n) is 3.15. The van der Waals surface area contributed by atoms with Gasteiger partial charge in [-0.25, -0.2) is 19.7 Å². The van der Waals surface area contributed by atoms with Gasteiger partial charge in [-0.1, -0.05) is 0 Å². The largest absolute Gasteiger partial charge is 0.356 e. The molecule has 2 aromatic heterocycles. The Morgan fingerprint density at radius 2 is 2.14 bits per heavy atom. The van der Waals surface area contributed by atoms with E-state index in [1.54, 1.807) is 12.4 Å². The van der Waals surface area contributed by atoms with Crippen LogP contribution in [0.25, 0.3) is 0 Å². The van der Waals surface area contributed by atoms with Gasteiger partial charge in [0.05, 0.1) is 18.3 Å². The first kappa shape index (κ1) is 13.2. The molecule has 7 heteroatoms. The fraction of sp³-hybridized carbons (Fsp3) is 0.467. The van der Waals surface area contributed by atoms with Gasteiger partial charge < -0.3 is 9.80 Å². The topological polar surface area (TPSA) is 67.2 Å². The van der Waals surface area contributed by atoms with Crippen LogP contribution >= 0.6 is 0 Å². The maximum atomic E-state index is 12.6. The van der Waals surface area contributed by atoms with E-state index in [0.29, 0.717) is 6.54 Å². The lowest BCUT2D eigenvalue weighted by atomic mass is 10.1. The number of aromatic nitrogens is 4. The highest BCUT2D eigenvalue weighted by molar-refractivity contribution is 5.78. The van der Waals surface area contributed by atoms with Crippen LogP contribution in [0, 0.1) is 6.92 Å². The lowest BCUT2D eigenvalue weighted by molar-refractivity contribution is 0.186. The molecule has 0 radical (unpaired) electrons. The summed E-state index contributed by atoms with van der Waals surface area (Å²) in [4.78, 5) is 29.9. The highest BCUT2D eigenvalue weighted by Gasteiger charge is 2.37. The number of hydrogen-bond acceptors (Lipinski definition) is 5. The summed E-state index contributed by atoms with van der Waals surface area (Å²) in [6.07, 6.45) is 6.02. The van der Waals surface area contributed by atoms with Gasteiger partial charge in [0.25, 0.3) is 0 Å². The molecule has 1 unspecified atom stereocenters. The summed E-state index contributed by atoms with van der Waals surface area (Å²) in [6, 6.07) is -0.101. The monoisotopic (exact) mass is 298 g/mol. The van der Waals surface area contributed by atoms with Gasteiger partial charge in [0.1, 0.15) is 18.0 Å². The van der Waals surface area contributed by atoms with Crippen molar-refractivity contribution in [2.45, 2.75) is 32.9 Å². The maximum absolute atomic E-state index is 12.6. The maximum Gasteiger partial charge on any atom is 0.330 e. The Kier molecular flexibility index (Phi) is 2.88. The highest BCUT2D eigenvalue weighted by atomic mass is 16.2. The minimum absolute atomic E-state index is 0.0268. The number of nitrogens with zero attached hydrogens (tertiary/aromatic N) is 6. The molecule has 0 bridgehead atoms. The number of anilines is 1. The number of hydrogen-bond donors (Lipinski definition) is 0. The summed E-state index contributed by atoms with van der Waals surface area (Å²) in [5.74, 6) is 1.77. The summed E-state index contributed by atoms with van der Waals surface area (Å²) < 4.78 is 1.51. The molecular weight excluding hydrogens is 280 g/mol. The average molecular weight is 298 g/mol. The highest BCUT2D eigenvalue weighted by Crippen LogP contribution is 2.39. The molecule has 114 valence electrons. The molecule has 1 saturated heterocycles. The van der Waals surface area contributed by atoms with E-state index in [1.807, 2.05) is 18.7 Å². The van der Waals surface area contributed by atoms with Crippen molar-refractivity contribution in [2.24, 2.45) is 0 Å². The van der Waals surface area contributed by atoms with Crippen molar-refractivity contribution in [3.05, 3.63) is 35.8 Å². The molecule has 4 rings (SSSR count). The van der Waals surface area contributed by atoms with Gasteiger partial charge in [-0.15, -0.1) is 0 Å². The van der Waals surface area contributed by atoms with Crippen LogP contribution in [-0.4, -0.2) is 43.5 Å². The first-order valence-electron chi connectivity index (χ1n) is 7.56. The van der Waals surface area contributed by atoms with Crippen molar-refractivity contribution in [1.82, 2.24) is 24.4 Å². The molecule has 0 spiro atoms. The van der Waals surface area contributed by atoms with Gasteiger partial charge in [-0.2, -0.15) is 0 Å². The van der Waals surface area contributed by atoms with Crippen LogP contribution in [0.3, 0.4) is 0 Å². The van der Waals surface area contributed by atoms with E-state index >= 15 is 0 Å². The zero-order valence-electron chi connectivity index (χ0n) is 12.7. The van der Waals surface area contributed by atoms with Crippen LogP contribution in [0.5, 0.6) is 0 Å². The Morgan fingerprint density at radius 1 is 1.32 bits per heavy atom. The summed E-state index contributed by atoms with van der Waals surface area (Å²) in [6.45, 7) is 6.55. The van der Waals surface area contributed by atoms with E-state index in [0.717, 1.165) is 36.0 Å². The Hall–Kier alpha value is -2.44. The van der Waals surface area contributed by atoms with Crippen molar-refractivity contribution < 1.29 is 4.79 Å². The molecule has 0 aromatic carbocycles. The normalized spacial score (nSPS) is 20.0. The van der Waals surface area contributed by atoms with Gasteiger partial charge in [0, 0.05) is 31.0 Å². The number of amides is 1. The molecule has 7 nitrogen and oxygen atoms in total. The van der Waals surface area contributed by atoms with Crippen molar-refractivity contribution in [1.29, 1.82) is 0 Å². The fourth-order valence-corrected chi connectivity index (χ4v) is 3.15. The molecule has 2 aliphatic heterocycles. The molecule has 1 fully saturated rings. The lowest BCUT2D eigenvalue weighted by Gasteiger charge is -2.34. The Bertz CT molecular complexity index is 722. The van der Waals surface area contributed by atoms with Crippen molar-refractivity contribution in [3.8, 4) is 0 Å². The molecule has 1 atom stereocenters. The predicted molar refractivity (Wildman–Crippen MR) is 80.6 cm³/mol. The molecule has 2 aromatic rings. The molecule has 1 amide bonds. The van der Waals surface area contributed by atoms with Crippen LogP contribution in [0.4, 0.5) is 10.6 Å². The molecule has 0 aliphatic carbocycles. The number of rotatable bonds is 1. The molecule has 0 saturated carbocycles. The van der Waals surface area contributed by atoms with E-state index in [2.05, 4.69) is 19.9 Å². The summed E-state index contributed by atoms with van der Waals surface area (Å²) in [5, 5.41) is 0. The van der Waals surface area contributed by atoms with Crippen molar-refractivity contribution in [2.75, 3.05) is 18.0 Å². The smallest absolute Gasteiger partial charge is 0.330 e. The van der Waals surface area contributed by atoms with Gasteiger partial charge in [0.2, 0.25) is 0 Å². The van der Waals surface area contributed by atoms with E-state index in [4.69, 9.17) is 0 Å². The van der Waals surface area contributed by atoms with Gasteiger partial charge in [0.15, 0.2) is 0 Å². The third-order valence-electron chi connectivity index (χ3n) is 4.45. The minimum atomic E-state index is -0.0739. The van der Waals surface area contributed by atoms with Crippen LogP contribution in [0.2, 0.25) is 0 Å². The van der Waals surface area contributed by atoms with E-state index < -0.39 is 0 Å². The van der Waals surface area contributed by atoms with E-state index in [1.165, 1.54) is 17.3 Å². The summed E-state index contributed by atoms with van der Waals surface area (Å²) >= 11 is 0. The quantitative estimate of drug-likeness (QED) is 0.802. The second kappa shape index (κ2) is 4.79. The SMILES string of the molecule is Cc1nc2c(c(N3CCC3)n1)C(C)N(C(=O)n1ccnc1)C2. The molecule has 0 N–H and O–H groups in total. The van der Waals surface area contributed by atoms with Gasteiger partial charge in [-0.3, -0.25) is 4.57 Å². The first-order valence-corrected chi connectivity index (χ1v) is 7.56. The lowest BCUT2D eigenvalue weighted by Crippen LogP contribution is -2.39. The zero-order valence-corrected chi connectivity index (χ0v) is 12.7. The predicted octanol–water partition coefficient (Wildman–Crippen LogP) is 1.74. The second-order valence-corrected chi connectivity index (χ2v) is 5.85. The minimum Gasteiger partial charge on any atom is -0.356 e. The number of carbonyl (C=O) groups excluding carboxylic acids is 1. The van der Waals surface area contributed by atoms with Crippen LogP contribution < -0.4 is 4.90 Å². The molecule has 4 heterocycles. The Labute approximate surface area is 128 Å². The first-order chi connectivity index (χ1) is 10.6. The van der Waals surface area contributed by atoms with E-state index in [9.17, 15) is 4.79 Å². The van der Waals surface area contributed by atoms with E-state index in [-0.39, 0.29) is 12.1 Å². The Balaban J connectivity index is 1.72. The van der Waals surface area contributed by atoms with Gasteiger partial charge >= 0.3 is 6.03 Å². The average Bonchev–Trinajstić information content (AvgIpc) is 3.04. The van der Waals surface area contributed by atoms with Crippen LogP contribution in [-0.2, 0) is 6.54 Å². The van der Waals surface area contributed by atoms with Crippen molar-refractivity contribution in [3.63, 3.8) is 0 Å². The summed E-state index contributed by atoms with van der Waals surface area (Å²) in [5.41, 5.74) is 2.06. The third-order valence-corrected chi connectivity index (χ3v) is 4.45. The number of carbonyl (C=O) groups is 1. The third kappa shape index (κ3) is 1.88. The standard InChI is InChI=1S/C15H18N6O/c1-10-13-12(8-21(10)15(22)20-7-4-16-9-20)17-11(2)18-14(13)19-5-3-6-19/h4,7,9-10H,3,5-6,8H2,1-2H3. The van der Waals surface area contributed by atoms with Crippen LogP contribution in [0.1, 0.15) is 36.5 Å². The molecule has 22 heavy (non-hydrogen) atoms. The number of imidazole rings is 1. The molecular formula is C15H18N6O. The Morgan fingerprint density at radius 3 is 2.77 bits per heavy atom. The second-order valence-electron chi connectivity index (χ2n) is 5.85. The number of aryl methyl sites for hydroxylation is 1. The zero-order chi connectivity index (χ0) is 15.3. The molecule has 2 aliphatic rings. The van der Waals surface area contributed by atoms with Crippen molar-refractivity contribution >= 4 is 11.8 Å². The summed E-state index contributed by atoms with van der Waals surface area (Å²) in [7, 11) is 0. The van der Waals surface area contributed by atoms with Crippen LogP contribution in [0.15, 0.2) is 18.7 Å². The van der Waals surface area contributed by atoms with Gasteiger partial charge in [-0.05, 0) is 20.3 Å².